The predicted molar refractivity (Wildman–Crippen MR) is 153 cm³/mol. The number of carbonyl (C=O) groups is 1. The lowest BCUT2D eigenvalue weighted by Gasteiger charge is -2.28. The molecule has 0 spiro atoms. The average molecular weight is 745 g/mol. The van der Waals surface area contributed by atoms with E-state index in [-0.39, 0.29) is 29.0 Å². The van der Waals surface area contributed by atoms with Crippen LogP contribution in [0, 0.1) is 0 Å². The first-order valence-corrected chi connectivity index (χ1v) is 18.0. The van der Waals surface area contributed by atoms with Gasteiger partial charge in [-0.25, -0.2) is 28.6 Å². The topological polar surface area (TPSA) is 364 Å². The van der Waals surface area contributed by atoms with Crippen LogP contribution < -0.4 is 11.5 Å². The molecular formula is C21H30N7O17P3. The Labute approximate surface area is 268 Å². The van der Waals surface area contributed by atoms with Gasteiger partial charge in [-0.15, -0.1) is 0 Å². The average Bonchev–Trinajstić information content (AvgIpc) is 3.64. The highest BCUT2D eigenvalue weighted by Crippen LogP contribution is 2.61. The number of primary amides is 1. The molecule has 3 aliphatic heterocycles. The van der Waals surface area contributed by atoms with Crippen molar-refractivity contribution in [1.82, 2.24) is 24.4 Å². The molecule has 10 atom stereocenters. The number of allylic oxidation sites excluding steroid dienone is 1. The zero-order chi connectivity index (χ0) is 35.2. The van der Waals surface area contributed by atoms with Crippen molar-refractivity contribution >= 4 is 46.4 Å². The van der Waals surface area contributed by atoms with Gasteiger partial charge < -0.3 is 60.7 Å². The van der Waals surface area contributed by atoms with Gasteiger partial charge in [0.2, 0.25) is 5.91 Å². The van der Waals surface area contributed by atoms with Crippen LogP contribution in [-0.2, 0) is 45.8 Å². The number of aliphatic hydroxyl groups excluding tert-OH is 3. The first-order chi connectivity index (χ1) is 22.4. The Hall–Kier alpha value is -2.73. The molecule has 48 heavy (non-hydrogen) atoms. The van der Waals surface area contributed by atoms with Crippen molar-refractivity contribution in [3.8, 4) is 0 Å². The van der Waals surface area contributed by atoms with E-state index < -0.39 is 91.7 Å². The Balaban J connectivity index is 1.20. The molecule has 0 radical (unpaired) electrons. The standard InChI is InChI=1S/C21H30N7O17P3/c22-17-12-19(25-7-24-17)28(8-26-12)21-16(44-46(33,34)35)14(30)11(43-21)6-41-48(38,39)45-47(36,37)40-5-10-13(29)15(31)20(42-10)27-3-1-2-9(4-27)18(23)32/h1,3-4,7-8,10-11,13-16,20-21,29-31H,2,5-6H2,(H2,23,32)(H,36,37)(H,38,39)(H2,22,24,25)(H2,33,34,35)/t10-,11+,13-,14-,15-,16-,20-,21+/m1/s1. The summed E-state index contributed by atoms with van der Waals surface area (Å²) in [4.78, 5) is 63.4. The number of nitrogens with two attached hydrogens (primary N) is 2. The summed E-state index contributed by atoms with van der Waals surface area (Å²) in [5.74, 6) is -0.791. The molecule has 0 bridgehead atoms. The normalized spacial score (nSPS) is 31.9. The lowest BCUT2D eigenvalue weighted by atomic mass is 10.1. The second kappa shape index (κ2) is 13.9. The minimum Gasteiger partial charge on any atom is -0.387 e. The van der Waals surface area contributed by atoms with Crippen molar-refractivity contribution in [2.24, 2.45) is 5.73 Å². The number of phosphoric ester groups is 3. The van der Waals surface area contributed by atoms with E-state index in [0.717, 1.165) is 17.2 Å². The molecule has 2 saturated heterocycles. The summed E-state index contributed by atoms with van der Waals surface area (Å²) in [6.45, 7) is -2.02. The number of nitrogens with zero attached hydrogens (tertiary/aromatic N) is 5. The first-order valence-electron chi connectivity index (χ1n) is 13.5. The molecule has 0 saturated carbocycles. The number of ether oxygens (including phenoxy) is 2. The third-order valence-electron chi connectivity index (χ3n) is 7.11. The number of imidazole rings is 1. The van der Waals surface area contributed by atoms with Crippen LogP contribution in [0.1, 0.15) is 12.6 Å². The number of nitrogen functional groups attached to an aromatic ring is 1. The van der Waals surface area contributed by atoms with E-state index >= 15 is 0 Å². The van der Waals surface area contributed by atoms with Crippen LogP contribution in [0.4, 0.5) is 5.82 Å². The van der Waals surface area contributed by atoms with Gasteiger partial charge >= 0.3 is 23.5 Å². The van der Waals surface area contributed by atoms with Crippen molar-refractivity contribution in [2.45, 2.75) is 55.5 Å². The molecule has 3 aliphatic rings. The summed E-state index contributed by atoms with van der Waals surface area (Å²) in [6.07, 6.45) is -6.47. The second-order valence-corrected chi connectivity index (χ2v) is 14.6. The largest absolute Gasteiger partial charge is 0.481 e. The van der Waals surface area contributed by atoms with E-state index in [9.17, 15) is 53.4 Å². The molecule has 1 amide bonds. The maximum atomic E-state index is 12.6. The fourth-order valence-electron chi connectivity index (χ4n) is 4.93. The number of aromatic nitrogens is 4. The maximum Gasteiger partial charge on any atom is 0.481 e. The number of carbonyl (C=O) groups excluding carboxylic acids is 1. The number of hydrogen-bond donors (Lipinski definition) is 9. The van der Waals surface area contributed by atoms with Gasteiger partial charge in [0.1, 0.15) is 48.5 Å². The molecule has 27 heteroatoms. The van der Waals surface area contributed by atoms with E-state index in [1.165, 1.54) is 23.4 Å². The Bertz CT molecular complexity index is 1740. The van der Waals surface area contributed by atoms with Gasteiger partial charge in [0, 0.05) is 18.0 Å². The van der Waals surface area contributed by atoms with Gasteiger partial charge in [-0.2, -0.15) is 4.31 Å². The number of rotatable bonds is 13. The number of amides is 1. The quantitative estimate of drug-likeness (QED) is 0.0951. The number of phosphoric acid groups is 3. The molecule has 5 heterocycles. The molecule has 266 valence electrons. The highest BCUT2D eigenvalue weighted by molar-refractivity contribution is 7.61. The van der Waals surface area contributed by atoms with Crippen LogP contribution in [0.25, 0.3) is 11.2 Å². The van der Waals surface area contributed by atoms with Crippen LogP contribution in [0.3, 0.4) is 0 Å². The minimum atomic E-state index is -5.52. The predicted octanol–water partition coefficient (Wildman–Crippen LogP) is -2.57. The highest BCUT2D eigenvalue weighted by Gasteiger charge is 2.51. The fourth-order valence-corrected chi connectivity index (χ4v) is 7.57. The van der Waals surface area contributed by atoms with Crippen LogP contribution in [0.2, 0.25) is 0 Å². The summed E-state index contributed by atoms with van der Waals surface area (Å²) < 4.78 is 67.2. The van der Waals surface area contributed by atoms with Crippen LogP contribution >= 0.6 is 23.5 Å². The van der Waals surface area contributed by atoms with Crippen LogP contribution in [0.5, 0.6) is 0 Å². The third kappa shape index (κ3) is 8.17. The summed E-state index contributed by atoms with van der Waals surface area (Å²) in [5.41, 5.74) is 11.3. The third-order valence-corrected chi connectivity index (χ3v) is 10.2. The van der Waals surface area contributed by atoms with E-state index in [1.54, 1.807) is 0 Å². The lowest BCUT2D eigenvalue weighted by Crippen LogP contribution is -2.40. The number of fused-ring (bicyclic) bond motifs is 1. The Morgan fingerprint density at radius 3 is 2.19 bits per heavy atom. The molecule has 2 aromatic heterocycles. The molecule has 2 fully saturated rings. The van der Waals surface area contributed by atoms with E-state index in [4.69, 9.17) is 30.0 Å². The van der Waals surface area contributed by atoms with Crippen LogP contribution in [0.15, 0.2) is 36.7 Å². The van der Waals surface area contributed by atoms with Gasteiger partial charge in [0.25, 0.3) is 0 Å². The SMILES string of the molecule is NC(=O)C1=CN([C@@H]2O[C@H](COP(=O)(O)OP(=O)(O)OC[C@@H]3O[C@H](n4cnc5c(N)ncnc54)[C@H](OP(=O)(O)O)[C@@H]3O)[C@@H](O)[C@H]2O)C=CC1. The molecule has 24 nitrogen and oxygen atoms in total. The fraction of sp³-hybridized carbons (Fsp3) is 0.524. The smallest absolute Gasteiger partial charge is 0.387 e. The molecule has 2 aromatic rings. The number of anilines is 1. The molecule has 2 unspecified atom stereocenters. The Kier molecular flexibility index (Phi) is 10.6. The molecule has 0 aromatic carbocycles. The van der Waals surface area contributed by atoms with Crippen LogP contribution in [-0.4, -0.2) is 121 Å². The molecule has 5 rings (SSSR count). The van der Waals surface area contributed by atoms with Crippen molar-refractivity contribution in [3.05, 3.63) is 36.7 Å². The van der Waals surface area contributed by atoms with E-state index in [1.807, 2.05) is 0 Å². The zero-order valence-electron chi connectivity index (χ0n) is 24.1. The number of aliphatic hydroxyl groups is 3. The minimum absolute atomic E-state index is 0.00424. The van der Waals surface area contributed by atoms with Crippen molar-refractivity contribution in [1.29, 1.82) is 0 Å². The summed E-state index contributed by atoms with van der Waals surface area (Å²) >= 11 is 0. The molecule has 11 N–H and O–H groups in total. The molecule has 0 aliphatic carbocycles. The van der Waals surface area contributed by atoms with Crippen molar-refractivity contribution in [2.75, 3.05) is 18.9 Å². The summed E-state index contributed by atoms with van der Waals surface area (Å²) in [7, 11) is -16.3. The van der Waals surface area contributed by atoms with Gasteiger partial charge in [0.05, 0.1) is 19.5 Å². The van der Waals surface area contributed by atoms with Gasteiger partial charge in [0.15, 0.2) is 23.9 Å². The highest BCUT2D eigenvalue weighted by atomic mass is 31.3. The number of hydrogen-bond acceptors (Lipinski definition) is 18. The van der Waals surface area contributed by atoms with Crippen molar-refractivity contribution < 1.29 is 80.7 Å². The van der Waals surface area contributed by atoms with E-state index in [0.29, 0.717) is 0 Å². The Morgan fingerprint density at radius 2 is 1.56 bits per heavy atom. The zero-order valence-corrected chi connectivity index (χ0v) is 26.8. The van der Waals surface area contributed by atoms with Gasteiger partial charge in [-0.3, -0.25) is 22.9 Å². The van der Waals surface area contributed by atoms with Gasteiger partial charge in [-0.1, -0.05) is 6.08 Å². The van der Waals surface area contributed by atoms with Gasteiger partial charge in [-0.05, 0) is 6.42 Å². The first kappa shape index (κ1) is 36.5. The molecular weight excluding hydrogens is 715 g/mol. The monoisotopic (exact) mass is 745 g/mol. The lowest BCUT2D eigenvalue weighted by molar-refractivity contribution is -0.115. The second-order valence-electron chi connectivity index (χ2n) is 10.4. The summed E-state index contributed by atoms with van der Waals surface area (Å²) in [5, 5.41) is 31.5. The maximum absolute atomic E-state index is 12.6. The summed E-state index contributed by atoms with van der Waals surface area (Å²) in [6, 6.07) is 0. The van der Waals surface area contributed by atoms with E-state index in [2.05, 4.69) is 23.8 Å². The Morgan fingerprint density at radius 1 is 0.938 bits per heavy atom. The van der Waals surface area contributed by atoms with Crippen molar-refractivity contribution in [3.63, 3.8) is 0 Å².